The summed E-state index contributed by atoms with van der Waals surface area (Å²) in [6, 6.07) is 7.48. The van der Waals surface area contributed by atoms with Crippen LogP contribution >= 0.6 is 23.2 Å². The van der Waals surface area contributed by atoms with E-state index in [1.807, 2.05) is 24.3 Å². The van der Waals surface area contributed by atoms with Crippen molar-refractivity contribution in [2.75, 3.05) is 6.54 Å². The maximum absolute atomic E-state index is 13.1. The van der Waals surface area contributed by atoms with Crippen molar-refractivity contribution >= 4 is 29.1 Å². The molecular weight excluding hydrogens is 426 g/mol. The monoisotopic (exact) mass is 445 g/mol. The van der Waals surface area contributed by atoms with Crippen LogP contribution < -0.4 is 5.32 Å². The van der Waals surface area contributed by atoms with Gasteiger partial charge in [0.2, 0.25) is 5.91 Å². The minimum atomic E-state index is -4.57. The van der Waals surface area contributed by atoms with Gasteiger partial charge < -0.3 is 5.32 Å². The average Bonchev–Trinajstić information content (AvgIpc) is 3.57. The SMILES string of the molecule is O=C(NCCCn1nc(C(F)(F)F)c(Cl)c1C1CC1)C1CC1c1ccc(Cl)cc1. The third-order valence-corrected chi connectivity index (χ3v) is 6.06. The number of carbonyl (C=O) groups excluding carboxylic acids is 1. The first-order valence-corrected chi connectivity index (χ1v) is 10.4. The zero-order chi connectivity index (χ0) is 20.8. The molecule has 2 unspecified atom stereocenters. The van der Waals surface area contributed by atoms with Crippen LogP contribution in [0.3, 0.4) is 0 Å². The summed E-state index contributed by atoms with van der Waals surface area (Å²) in [5.74, 6) is 0.163. The minimum Gasteiger partial charge on any atom is -0.356 e. The molecule has 2 fully saturated rings. The first-order chi connectivity index (χ1) is 13.8. The Balaban J connectivity index is 1.29. The van der Waals surface area contributed by atoms with Crippen LogP contribution in [0.4, 0.5) is 13.2 Å². The Labute approximate surface area is 176 Å². The molecular formula is C20H20Cl2F3N3O. The van der Waals surface area contributed by atoms with E-state index in [9.17, 15) is 18.0 Å². The molecule has 0 aliphatic heterocycles. The minimum absolute atomic E-state index is 0.0261. The number of alkyl halides is 3. The number of amides is 1. The smallest absolute Gasteiger partial charge is 0.356 e. The number of aromatic nitrogens is 2. The van der Waals surface area contributed by atoms with Crippen molar-refractivity contribution < 1.29 is 18.0 Å². The van der Waals surface area contributed by atoms with Gasteiger partial charge in [-0.05, 0) is 49.3 Å². The highest BCUT2D eigenvalue weighted by Gasteiger charge is 2.44. The van der Waals surface area contributed by atoms with E-state index in [2.05, 4.69) is 10.4 Å². The van der Waals surface area contributed by atoms with Crippen LogP contribution in [0, 0.1) is 5.92 Å². The van der Waals surface area contributed by atoms with Crippen LogP contribution in [-0.2, 0) is 17.5 Å². The summed E-state index contributed by atoms with van der Waals surface area (Å²) in [4.78, 5) is 12.3. The fourth-order valence-electron chi connectivity index (χ4n) is 3.69. The van der Waals surface area contributed by atoms with Crippen LogP contribution in [0.5, 0.6) is 0 Å². The lowest BCUT2D eigenvalue weighted by Gasteiger charge is -2.08. The number of carbonyl (C=O) groups is 1. The molecule has 1 amide bonds. The maximum atomic E-state index is 13.1. The van der Waals surface area contributed by atoms with Gasteiger partial charge >= 0.3 is 6.18 Å². The highest BCUT2D eigenvalue weighted by molar-refractivity contribution is 6.32. The van der Waals surface area contributed by atoms with E-state index in [0.717, 1.165) is 24.8 Å². The summed E-state index contributed by atoms with van der Waals surface area (Å²) in [7, 11) is 0. The van der Waals surface area contributed by atoms with Crippen molar-refractivity contribution in [3.05, 3.63) is 51.3 Å². The molecule has 2 aromatic rings. The van der Waals surface area contributed by atoms with Gasteiger partial charge in [0.05, 0.1) is 10.7 Å². The van der Waals surface area contributed by atoms with Gasteiger partial charge in [-0.1, -0.05) is 35.3 Å². The lowest BCUT2D eigenvalue weighted by atomic mass is 10.1. The van der Waals surface area contributed by atoms with Crippen LogP contribution in [0.25, 0.3) is 0 Å². The van der Waals surface area contributed by atoms with E-state index in [-0.39, 0.29) is 35.2 Å². The molecule has 156 valence electrons. The summed E-state index contributed by atoms with van der Waals surface area (Å²) < 4.78 is 40.6. The third-order valence-electron chi connectivity index (χ3n) is 5.44. The quantitative estimate of drug-likeness (QED) is 0.580. The standard InChI is InChI=1S/C20H20Cl2F3N3O/c21-13-6-4-11(5-7-13)14-10-15(14)19(29)26-8-1-9-28-17(12-2-3-12)16(22)18(27-28)20(23,24)25/h4-7,12,14-15H,1-3,8-10H2,(H,26,29). The molecule has 4 nitrogen and oxygen atoms in total. The zero-order valence-electron chi connectivity index (χ0n) is 15.5. The number of hydrogen-bond donors (Lipinski definition) is 1. The van der Waals surface area contributed by atoms with Gasteiger partial charge in [-0.2, -0.15) is 18.3 Å². The largest absolute Gasteiger partial charge is 0.436 e. The van der Waals surface area contributed by atoms with Gasteiger partial charge in [0.25, 0.3) is 0 Å². The molecule has 1 heterocycles. The van der Waals surface area contributed by atoms with Gasteiger partial charge in [-0.15, -0.1) is 0 Å². The van der Waals surface area contributed by atoms with Crippen molar-refractivity contribution in [2.45, 2.75) is 50.2 Å². The summed E-state index contributed by atoms with van der Waals surface area (Å²) in [5.41, 5.74) is 0.540. The normalized spacial score (nSPS) is 21.3. The predicted molar refractivity (Wildman–Crippen MR) is 104 cm³/mol. The van der Waals surface area contributed by atoms with Gasteiger partial charge in [0, 0.05) is 29.9 Å². The van der Waals surface area contributed by atoms with Gasteiger partial charge in [-0.25, -0.2) is 0 Å². The van der Waals surface area contributed by atoms with E-state index in [1.54, 1.807) is 0 Å². The van der Waals surface area contributed by atoms with E-state index in [4.69, 9.17) is 23.2 Å². The zero-order valence-corrected chi connectivity index (χ0v) is 17.0. The first-order valence-electron chi connectivity index (χ1n) is 9.62. The van der Waals surface area contributed by atoms with Crippen LogP contribution in [-0.4, -0.2) is 22.2 Å². The van der Waals surface area contributed by atoms with Crippen LogP contribution in [0.2, 0.25) is 10.0 Å². The molecule has 2 saturated carbocycles. The molecule has 2 aliphatic rings. The molecule has 2 atom stereocenters. The fourth-order valence-corrected chi connectivity index (χ4v) is 4.21. The fraction of sp³-hybridized carbons (Fsp3) is 0.500. The number of hydrogen-bond acceptors (Lipinski definition) is 2. The summed E-state index contributed by atoms with van der Waals surface area (Å²) in [6.07, 6.45) is -1.63. The summed E-state index contributed by atoms with van der Waals surface area (Å²) >= 11 is 11.8. The predicted octanol–water partition coefficient (Wildman–Crippen LogP) is 5.40. The summed E-state index contributed by atoms with van der Waals surface area (Å²) in [5, 5.41) is 6.96. The Hall–Kier alpha value is -1.73. The Morgan fingerprint density at radius 3 is 2.52 bits per heavy atom. The highest BCUT2D eigenvalue weighted by atomic mass is 35.5. The number of aryl methyl sites for hydroxylation is 1. The Kier molecular flexibility index (Phi) is 5.55. The molecule has 29 heavy (non-hydrogen) atoms. The van der Waals surface area contributed by atoms with Gasteiger partial charge in [0.1, 0.15) is 0 Å². The van der Waals surface area contributed by atoms with Crippen molar-refractivity contribution in [3.63, 3.8) is 0 Å². The van der Waals surface area contributed by atoms with E-state index in [0.29, 0.717) is 23.7 Å². The number of rotatable bonds is 7. The lowest BCUT2D eigenvalue weighted by molar-refractivity contribution is -0.141. The Morgan fingerprint density at radius 1 is 1.21 bits per heavy atom. The van der Waals surface area contributed by atoms with Crippen molar-refractivity contribution in [3.8, 4) is 0 Å². The second-order valence-electron chi connectivity index (χ2n) is 7.69. The summed E-state index contributed by atoms with van der Waals surface area (Å²) in [6.45, 7) is 0.665. The van der Waals surface area contributed by atoms with Crippen molar-refractivity contribution in [2.24, 2.45) is 5.92 Å². The molecule has 0 saturated heterocycles. The maximum Gasteiger partial charge on any atom is 0.436 e. The van der Waals surface area contributed by atoms with E-state index in [1.165, 1.54) is 4.68 Å². The van der Waals surface area contributed by atoms with Crippen molar-refractivity contribution in [1.82, 2.24) is 15.1 Å². The topological polar surface area (TPSA) is 46.9 Å². The Morgan fingerprint density at radius 2 is 1.90 bits per heavy atom. The van der Waals surface area contributed by atoms with Gasteiger partial charge in [0.15, 0.2) is 5.69 Å². The highest BCUT2D eigenvalue weighted by Crippen LogP contribution is 2.48. The Bertz CT molecular complexity index is 907. The molecule has 4 rings (SSSR count). The first kappa shape index (κ1) is 20.5. The van der Waals surface area contributed by atoms with Gasteiger partial charge in [-0.3, -0.25) is 9.48 Å². The molecule has 0 bridgehead atoms. The second kappa shape index (κ2) is 7.84. The molecule has 0 spiro atoms. The molecule has 1 aromatic heterocycles. The number of nitrogens with one attached hydrogen (secondary N) is 1. The van der Waals surface area contributed by atoms with Crippen molar-refractivity contribution in [1.29, 1.82) is 0 Å². The third kappa shape index (κ3) is 4.56. The molecule has 1 N–H and O–H groups in total. The van der Waals surface area contributed by atoms with Crippen LogP contribution in [0.15, 0.2) is 24.3 Å². The van der Waals surface area contributed by atoms with Crippen LogP contribution in [0.1, 0.15) is 54.5 Å². The second-order valence-corrected chi connectivity index (χ2v) is 8.50. The lowest BCUT2D eigenvalue weighted by Crippen LogP contribution is -2.27. The number of benzene rings is 1. The number of nitrogens with zero attached hydrogens (tertiary/aromatic N) is 2. The van der Waals surface area contributed by atoms with E-state index >= 15 is 0 Å². The molecule has 0 radical (unpaired) electrons. The average molecular weight is 446 g/mol. The number of halogens is 5. The molecule has 2 aliphatic carbocycles. The molecule has 1 aromatic carbocycles. The molecule has 9 heteroatoms. The van der Waals surface area contributed by atoms with E-state index < -0.39 is 11.9 Å².